The average Bonchev–Trinajstić information content (AvgIpc) is 2.61. The second-order valence-electron chi connectivity index (χ2n) is 4.51. The first-order valence-electron chi connectivity index (χ1n) is 5.40. The van der Waals surface area contributed by atoms with Crippen LogP contribution in [0.25, 0.3) is 0 Å². The Morgan fingerprint density at radius 3 is 2.88 bits per heavy atom. The van der Waals surface area contributed by atoms with Gasteiger partial charge in [0.25, 0.3) is 0 Å². The van der Waals surface area contributed by atoms with Gasteiger partial charge in [0, 0.05) is 19.3 Å². The van der Waals surface area contributed by atoms with E-state index in [1.165, 1.54) is 0 Å². The van der Waals surface area contributed by atoms with E-state index in [0.717, 1.165) is 18.8 Å². The highest BCUT2D eigenvalue weighted by molar-refractivity contribution is 5.73. The normalized spacial score (nSPS) is 11.7. The maximum absolute atomic E-state index is 11.0. The van der Waals surface area contributed by atoms with Gasteiger partial charge in [0.05, 0.1) is 17.4 Å². The molecule has 0 aliphatic carbocycles. The zero-order valence-corrected chi connectivity index (χ0v) is 10.0. The first-order chi connectivity index (χ1) is 7.45. The second-order valence-corrected chi connectivity index (χ2v) is 4.51. The number of imidazole rings is 1. The lowest BCUT2D eigenvalue weighted by Gasteiger charge is -2.19. The molecule has 16 heavy (non-hydrogen) atoms. The number of nitrogens with one attached hydrogen (secondary N) is 1. The molecule has 0 atom stereocenters. The Morgan fingerprint density at radius 1 is 1.62 bits per heavy atom. The van der Waals surface area contributed by atoms with Crippen LogP contribution in [-0.4, -0.2) is 27.2 Å². The van der Waals surface area contributed by atoms with Crippen molar-refractivity contribution in [3.05, 3.63) is 18.2 Å². The molecule has 90 valence electrons. The number of aliphatic carboxylic acids is 1. The summed E-state index contributed by atoms with van der Waals surface area (Å²) in [4.78, 5) is 15.2. The molecule has 1 rings (SSSR count). The number of aromatic nitrogens is 2. The van der Waals surface area contributed by atoms with Gasteiger partial charge in [-0.15, -0.1) is 0 Å². The molecule has 0 radical (unpaired) electrons. The van der Waals surface area contributed by atoms with Crippen molar-refractivity contribution in [2.24, 2.45) is 5.41 Å². The summed E-state index contributed by atoms with van der Waals surface area (Å²) in [6, 6.07) is 0. The third kappa shape index (κ3) is 3.34. The fraction of sp³-hybridized carbons (Fsp3) is 0.636. The van der Waals surface area contributed by atoms with Gasteiger partial charge in [-0.05, 0) is 20.4 Å². The zero-order valence-electron chi connectivity index (χ0n) is 10.0. The number of carboxylic acids is 1. The molecule has 0 saturated heterocycles. The van der Waals surface area contributed by atoms with Gasteiger partial charge >= 0.3 is 5.97 Å². The van der Waals surface area contributed by atoms with Gasteiger partial charge in [-0.3, -0.25) is 4.79 Å². The molecule has 0 amide bonds. The zero-order chi connectivity index (χ0) is 12.2. The Bertz CT molecular complexity index is 358. The summed E-state index contributed by atoms with van der Waals surface area (Å²) in [6.07, 6.45) is 3.56. The van der Waals surface area contributed by atoms with Crippen LogP contribution in [0.4, 0.5) is 0 Å². The number of hydrogen-bond acceptors (Lipinski definition) is 3. The minimum absolute atomic E-state index is 0.432. The van der Waals surface area contributed by atoms with Gasteiger partial charge in [0.2, 0.25) is 0 Å². The number of carbonyl (C=O) groups is 1. The van der Waals surface area contributed by atoms with Gasteiger partial charge in [0.1, 0.15) is 0 Å². The lowest BCUT2D eigenvalue weighted by Crippen LogP contribution is -2.28. The summed E-state index contributed by atoms with van der Waals surface area (Å²) in [5.41, 5.74) is 0.166. The lowest BCUT2D eigenvalue weighted by atomic mass is 9.94. The van der Waals surface area contributed by atoms with Crippen LogP contribution in [0.3, 0.4) is 0 Å². The summed E-state index contributed by atoms with van der Waals surface area (Å²) < 4.78 is 1.82. The van der Waals surface area contributed by atoms with E-state index in [4.69, 9.17) is 5.11 Å². The topological polar surface area (TPSA) is 67.2 Å². The quantitative estimate of drug-likeness (QED) is 0.761. The molecule has 1 heterocycles. The molecule has 0 spiro atoms. The van der Waals surface area contributed by atoms with Gasteiger partial charge in [-0.2, -0.15) is 0 Å². The minimum atomic E-state index is -0.797. The third-order valence-electron chi connectivity index (χ3n) is 2.40. The number of hydrogen-bond donors (Lipinski definition) is 2. The van der Waals surface area contributed by atoms with Crippen molar-refractivity contribution in [3.63, 3.8) is 0 Å². The van der Waals surface area contributed by atoms with Crippen LogP contribution in [0.15, 0.2) is 12.5 Å². The predicted molar refractivity (Wildman–Crippen MR) is 61.0 cm³/mol. The Balaban J connectivity index is 2.61. The fourth-order valence-corrected chi connectivity index (χ4v) is 1.36. The Hall–Kier alpha value is -1.36. The highest BCUT2D eigenvalue weighted by Crippen LogP contribution is 2.18. The first kappa shape index (κ1) is 12.7. The molecule has 1 aromatic heterocycles. The summed E-state index contributed by atoms with van der Waals surface area (Å²) in [6.45, 7) is 7.50. The van der Waals surface area contributed by atoms with Crippen LogP contribution >= 0.6 is 0 Å². The van der Waals surface area contributed by atoms with Gasteiger partial charge in [-0.1, -0.05) is 6.92 Å². The van der Waals surface area contributed by atoms with Crippen LogP contribution < -0.4 is 5.32 Å². The molecule has 0 unspecified atom stereocenters. The van der Waals surface area contributed by atoms with Crippen molar-refractivity contribution in [1.82, 2.24) is 14.9 Å². The van der Waals surface area contributed by atoms with Crippen molar-refractivity contribution in [2.45, 2.75) is 33.9 Å². The molecule has 0 fully saturated rings. The molecule has 0 aliphatic heterocycles. The Morgan fingerprint density at radius 2 is 2.31 bits per heavy atom. The van der Waals surface area contributed by atoms with E-state index in [0.29, 0.717) is 6.54 Å². The van der Waals surface area contributed by atoms with Crippen LogP contribution in [0.2, 0.25) is 0 Å². The van der Waals surface area contributed by atoms with E-state index in [-0.39, 0.29) is 0 Å². The molecule has 0 aliphatic rings. The van der Waals surface area contributed by atoms with Gasteiger partial charge in [0.15, 0.2) is 0 Å². The van der Waals surface area contributed by atoms with E-state index in [1.807, 2.05) is 17.7 Å². The molecule has 5 heteroatoms. The summed E-state index contributed by atoms with van der Waals surface area (Å²) in [7, 11) is 0. The summed E-state index contributed by atoms with van der Waals surface area (Å²) >= 11 is 0. The molecule has 1 aromatic rings. The van der Waals surface area contributed by atoms with E-state index in [2.05, 4.69) is 10.3 Å². The molecule has 2 N–H and O–H groups in total. The monoisotopic (exact) mass is 225 g/mol. The van der Waals surface area contributed by atoms with Crippen molar-refractivity contribution >= 4 is 5.97 Å². The largest absolute Gasteiger partial charge is 0.481 e. The van der Waals surface area contributed by atoms with Crippen LogP contribution in [0, 0.1) is 5.41 Å². The third-order valence-corrected chi connectivity index (χ3v) is 2.40. The molecule has 0 aromatic carbocycles. The van der Waals surface area contributed by atoms with Crippen LogP contribution in [-0.2, 0) is 17.9 Å². The van der Waals surface area contributed by atoms with E-state index >= 15 is 0 Å². The number of nitrogens with zero attached hydrogens (tertiary/aromatic N) is 2. The van der Waals surface area contributed by atoms with E-state index in [1.54, 1.807) is 20.2 Å². The Kier molecular flexibility index (Phi) is 4.06. The average molecular weight is 225 g/mol. The number of carboxylic acid groups (broad SMARTS) is 1. The van der Waals surface area contributed by atoms with Gasteiger partial charge < -0.3 is 15.0 Å². The predicted octanol–water partition coefficient (Wildman–Crippen LogP) is 1.10. The maximum Gasteiger partial charge on any atom is 0.310 e. The van der Waals surface area contributed by atoms with Gasteiger partial charge in [-0.25, -0.2) is 4.98 Å². The standard InChI is InChI=1S/C11H19N3O2/c1-4-12-5-9-6-14(8-13-9)7-11(2,3)10(15)16/h6,8,12H,4-5,7H2,1-3H3,(H,15,16). The SMILES string of the molecule is CCNCc1cn(CC(C)(C)C(=O)O)cn1. The summed E-state index contributed by atoms with van der Waals surface area (Å²) in [5, 5.41) is 12.2. The van der Waals surface area contributed by atoms with Crippen molar-refractivity contribution in [1.29, 1.82) is 0 Å². The lowest BCUT2D eigenvalue weighted by molar-refractivity contribution is -0.147. The van der Waals surface area contributed by atoms with Crippen LogP contribution in [0.5, 0.6) is 0 Å². The smallest absolute Gasteiger partial charge is 0.310 e. The van der Waals surface area contributed by atoms with Crippen molar-refractivity contribution < 1.29 is 9.90 Å². The van der Waals surface area contributed by atoms with E-state index in [9.17, 15) is 4.79 Å². The molecular weight excluding hydrogens is 206 g/mol. The molecule has 0 bridgehead atoms. The summed E-state index contributed by atoms with van der Waals surface area (Å²) in [5.74, 6) is -0.797. The highest BCUT2D eigenvalue weighted by Gasteiger charge is 2.27. The molecule has 5 nitrogen and oxygen atoms in total. The maximum atomic E-state index is 11.0. The molecular formula is C11H19N3O2. The van der Waals surface area contributed by atoms with E-state index < -0.39 is 11.4 Å². The van der Waals surface area contributed by atoms with Crippen molar-refractivity contribution in [2.75, 3.05) is 6.54 Å². The molecule has 0 saturated carbocycles. The Labute approximate surface area is 95.5 Å². The highest BCUT2D eigenvalue weighted by atomic mass is 16.4. The van der Waals surface area contributed by atoms with Crippen LogP contribution in [0.1, 0.15) is 26.5 Å². The minimum Gasteiger partial charge on any atom is -0.481 e. The fourth-order valence-electron chi connectivity index (χ4n) is 1.36. The second kappa shape index (κ2) is 5.12. The van der Waals surface area contributed by atoms with Crippen molar-refractivity contribution in [3.8, 4) is 0 Å². The first-order valence-corrected chi connectivity index (χ1v) is 5.40. The number of rotatable bonds is 6.